The lowest BCUT2D eigenvalue weighted by Crippen LogP contribution is -2.38. The molecule has 2 heterocycles. The summed E-state index contributed by atoms with van der Waals surface area (Å²) in [6, 6.07) is 0. The van der Waals surface area contributed by atoms with Gasteiger partial charge >= 0.3 is 0 Å². The van der Waals surface area contributed by atoms with E-state index in [9.17, 15) is 8.42 Å². The highest BCUT2D eigenvalue weighted by molar-refractivity contribution is 7.91. The number of morpholine rings is 1. The van der Waals surface area contributed by atoms with Crippen molar-refractivity contribution in [1.82, 2.24) is 10.2 Å². The minimum absolute atomic E-state index is 0.332. The molecule has 0 radical (unpaired) electrons. The van der Waals surface area contributed by atoms with Gasteiger partial charge < -0.3 is 10.1 Å². The number of ether oxygens (including phenoxy) is 1. The first-order chi connectivity index (χ1) is 8.66. The van der Waals surface area contributed by atoms with Crippen molar-refractivity contribution < 1.29 is 13.2 Å². The third-order valence-electron chi connectivity index (χ3n) is 3.69. The maximum absolute atomic E-state index is 11.3. The van der Waals surface area contributed by atoms with Gasteiger partial charge in [0.1, 0.15) is 0 Å². The fourth-order valence-electron chi connectivity index (χ4n) is 2.59. The van der Waals surface area contributed by atoms with Crippen LogP contribution in [-0.2, 0) is 14.6 Å². The van der Waals surface area contributed by atoms with E-state index in [0.717, 1.165) is 58.8 Å². The Labute approximate surface area is 110 Å². The lowest BCUT2D eigenvalue weighted by molar-refractivity contribution is 0.0374. The van der Waals surface area contributed by atoms with E-state index < -0.39 is 9.84 Å². The van der Waals surface area contributed by atoms with E-state index in [-0.39, 0.29) is 0 Å². The van der Waals surface area contributed by atoms with Gasteiger partial charge in [-0.1, -0.05) is 0 Å². The van der Waals surface area contributed by atoms with E-state index in [2.05, 4.69) is 10.2 Å². The Balaban J connectivity index is 1.49. The lowest BCUT2D eigenvalue weighted by atomic mass is 10.1. The molecule has 0 aromatic rings. The SMILES string of the molecule is O=S1(=O)CCC(CNCCCN2CCOCC2)C1. The van der Waals surface area contributed by atoms with Crippen LogP contribution in [0.3, 0.4) is 0 Å². The van der Waals surface area contributed by atoms with E-state index in [1.54, 1.807) is 0 Å². The highest BCUT2D eigenvalue weighted by Gasteiger charge is 2.27. The first-order valence-corrected chi connectivity index (χ1v) is 8.69. The van der Waals surface area contributed by atoms with Crippen LogP contribution in [0.1, 0.15) is 12.8 Å². The third kappa shape index (κ3) is 4.84. The Hall–Kier alpha value is -0.170. The molecule has 0 saturated carbocycles. The molecule has 0 aromatic carbocycles. The van der Waals surface area contributed by atoms with Gasteiger partial charge in [0.25, 0.3) is 0 Å². The van der Waals surface area contributed by atoms with Crippen LogP contribution in [0, 0.1) is 5.92 Å². The topological polar surface area (TPSA) is 58.6 Å². The van der Waals surface area contributed by atoms with Crippen LogP contribution in [0.25, 0.3) is 0 Å². The minimum Gasteiger partial charge on any atom is -0.379 e. The van der Waals surface area contributed by atoms with E-state index in [1.807, 2.05) is 0 Å². The largest absolute Gasteiger partial charge is 0.379 e. The lowest BCUT2D eigenvalue weighted by Gasteiger charge is -2.26. The molecule has 5 nitrogen and oxygen atoms in total. The van der Waals surface area contributed by atoms with E-state index >= 15 is 0 Å². The molecule has 2 aliphatic rings. The monoisotopic (exact) mass is 276 g/mol. The molecule has 106 valence electrons. The van der Waals surface area contributed by atoms with E-state index in [1.165, 1.54) is 0 Å². The first kappa shape index (κ1) is 14.2. The number of hydrogen-bond donors (Lipinski definition) is 1. The van der Waals surface area contributed by atoms with Crippen LogP contribution in [0.15, 0.2) is 0 Å². The summed E-state index contributed by atoms with van der Waals surface area (Å²) < 4.78 is 27.9. The van der Waals surface area contributed by atoms with Crippen LogP contribution in [-0.4, -0.2) is 70.8 Å². The van der Waals surface area contributed by atoms with Crippen molar-refractivity contribution >= 4 is 9.84 Å². The van der Waals surface area contributed by atoms with Gasteiger partial charge in [0.2, 0.25) is 0 Å². The van der Waals surface area contributed by atoms with Crippen molar-refractivity contribution in [2.45, 2.75) is 12.8 Å². The smallest absolute Gasteiger partial charge is 0.150 e. The summed E-state index contributed by atoms with van der Waals surface area (Å²) in [5.41, 5.74) is 0. The van der Waals surface area contributed by atoms with Gasteiger partial charge in [-0.25, -0.2) is 8.42 Å². The predicted octanol–water partition coefficient (Wildman–Crippen LogP) is -0.267. The molecular formula is C12H24N2O3S. The predicted molar refractivity (Wildman–Crippen MR) is 71.5 cm³/mol. The first-order valence-electron chi connectivity index (χ1n) is 6.87. The number of sulfone groups is 1. The molecule has 2 saturated heterocycles. The second-order valence-electron chi connectivity index (χ2n) is 5.28. The Morgan fingerprint density at radius 2 is 2.06 bits per heavy atom. The fraction of sp³-hybridized carbons (Fsp3) is 1.00. The van der Waals surface area contributed by atoms with Gasteiger partial charge in [0, 0.05) is 13.1 Å². The van der Waals surface area contributed by atoms with Crippen LogP contribution in [0.5, 0.6) is 0 Å². The average molecular weight is 276 g/mol. The maximum atomic E-state index is 11.3. The van der Waals surface area contributed by atoms with E-state index in [0.29, 0.717) is 17.4 Å². The van der Waals surface area contributed by atoms with Crippen molar-refractivity contribution in [2.75, 3.05) is 57.4 Å². The summed E-state index contributed by atoms with van der Waals surface area (Å²) in [6.07, 6.45) is 1.96. The van der Waals surface area contributed by atoms with Crippen LogP contribution in [0.4, 0.5) is 0 Å². The Kier molecular flexibility index (Phi) is 5.41. The molecule has 1 atom stereocenters. The molecule has 2 fully saturated rings. The Bertz CT molecular complexity index is 339. The zero-order valence-corrected chi connectivity index (χ0v) is 11.8. The molecule has 2 aliphatic heterocycles. The average Bonchev–Trinajstić information content (AvgIpc) is 2.70. The quantitative estimate of drug-likeness (QED) is 0.677. The van der Waals surface area contributed by atoms with Gasteiger partial charge in [-0.2, -0.15) is 0 Å². The summed E-state index contributed by atoms with van der Waals surface area (Å²) >= 11 is 0. The zero-order valence-electron chi connectivity index (χ0n) is 10.9. The standard InChI is InChI=1S/C12H24N2O3S/c15-18(16)9-2-12(11-18)10-13-3-1-4-14-5-7-17-8-6-14/h12-13H,1-11H2. The van der Waals surface area contributed by atoms with Crippen LogP contribution in [0.2, 0.25) is 0 Å². The second-order valence-corrected chi connectivity index (χ2v) is 7.51. The third-order valence-corrected chi connectivity index (χ3v) is 5.53. The van der Waals surface area contributed by atoms with Crippen molar-refractivity contribution in [2.24, 2.45) is 5.92 Å². The fourth-order valence-corrected chi connectivity index (χ4v) is 4.45. The normalized spacial score (nSPS) is 28.6. The molecular weight excluding hydrogens is 252 g/mol. The summed E-state index contributed by atoms with van der Waals surface area (Å²) in [5, 5.41) is 3.38. The van der Waals surface area contributed by atoms with Crippen LogP contribution < -0.4 is 5.32 Å². The molecule has 0 aromatic heterocycles. The number of hydrogen-bond acceptors (Lipinski definition) is 5. The van der Waals surface area contributed by atoms with Crippen molar-refractivity contribution in [3.63, 3.8) is 0 Å². The molecule has 6 heteroatoms. The Morgan fingerprint density at radius 1 is 1.28 bits per heavy atom. The maximum Gasteiger partial charge on any atom is 0.150 e. The molecule has 0 amide bonds. The summed E-state index contributed by atoms with van der Waals surface area (Å²) in [6.45, 7) is 6.73. The molecule has 0 aliphatic carbocycles. The number of nitrogens with zero attached hydrogens (tertiary/aromatic N) is 1. The zero-order chi connectivity index (χ0) is 12.8. The highest BCUT2D eigenvalue weighted by Crippen LogP contribution is 2.17. The molecule has 2 rings (SSSR count). The Morgan fingerprint density at radius 3 is 2.72 bits per heavy atom. The molecule has 1 unspecified atom stereocenters. The van der Waals surface area contributed by atoms with Gasteiger partial charge in [-0.15, -0.1) is 0 Å². The minimum atomic E-state index is -2.72. The van der Waals surface area contributed by atoms with Crippen molar-refractivity contribution in [1.29, 1.82) is 0 Å². The van der Waals surface area contributed by atoms with Crippen molar-refractivity contribution in [3.05, 3.63) is 0 Å². The molecule has 0 bridgehead atoms. The summed E-state index contributed by atoms with van der Waals surface area (Å²) in [7, 11) is -2.72. The van der Waals surface area contributed by atoms with Gasteiger partial charge in [0.15, 0.2) is 9.84 Å². The second kappa shape index (κ2) is 6.84. The van der Waals surface area contributed by atoms with Crippen LogP contribution >= 0.6 is 0 Å². The van der Waals surface area contributed by atoms with E-state index in [4.69, 9.17) is 4.74 Å². The number of rotatable bonds is 6. The molecule has 0 spiro atoms. The van der Waals surface area contributed by atoms with Gasteiger partial charge in [0.05, 0.1) is 24.7 Å². The summed E-state index contributed by atoms with van der Waals surface area (Å²) in [4.78, 5) is 2.42. The molecule has 1 N–H and O–H groups in total. The van der Waals surface area contributed by atoms with Gasteiger partial charge in [-0.3, -0.25) is 4.90 Å². The number of nitrogens with one attached hydrogen (secondary N) is 1. The van der Waals surface area contributed by atoms with Crippen molar-refractivity contribution in [3.8, 4) is 0 Å². The van der Waals surface area contributed by atoms with Gasteiger partial charge in [-0.05, 0) is 38.4 Å². The molecule has 18 heavy (non-hydrogen) atoms. The highest BCUT2D eigenvalue weighted by atomic mass is 32.2. The summed E-state index contributed by atoms with van der Waals surface area (Å²) in [5.74, 6) is 1.09.